The molecule has 2 fully saturated rings. The average Bonchev–Trinajstić information content (AvgIpc) is 3.14. The number of methoxy groups -OCH3 is 1. The Labute approximate surface area is 218 Å². The van der Waals surface area contributed by atoms with Gasteiger partial charge in [-0.15, -0.1) is 0 Å². The topological polar surface area (TPSA) is 59.5 Å². The highest BCUT2D eigenvalue weighted by atomic mass is 79.9. The second-order valence-electron chi connectivity index (χ2n) is 9.93. The molecule has 6 nitrogen and oxygen atoms in total. The molecule has 0 spiro atoms. The molecule has 0 unspecified atom stereocenters. The van der Waals surface area contributed by atoms with Crippen LogP contribution < -0.4 is 14.8 Å². The van der Waals surface area contributed by atoms with Crippen molar-refractivity contribution in [3.05, 3.63) is 45.9 Å². The lowest BCUT2D eigenvalue weighted by molar-refractivity contribution is 0.0668. The van der Waals surface area contributed by atoms with Gasteiger partial charge in [-0.25, -0.2) is 14.4 Å². The van der Waals surface area contributed by atoms with E-state index in [2.05, 4.69) is 50.0 Å². The first-order chi connectivity index (χ1) is 16.8. The molecule has 2 aromatic carbocycles. The summed E-state index contributed by atoms with van der Waals surface area (Å²) in [5, 5.41) is 3.74. The first kappa shape index (κ1) is 24.5. The highest BCUT2D eigenvalue weighted by Crippen LogP contribution is 2.46. The Balaban J connectivity index is 1.32. The second kappa shape index (κ2) is 10.1. The molecule has 1 saturated heterocycles. The fraction of sp³-hybridized carbons (Fsp3) is 0.462. The standard InChI is InChI=1S/C26H29BrClFN4O2/c1-14(2)9-33-10-15-6-16(18(15)11-33)12-35-23-8-21-17(7-22(23)34-3)26(31-13-30-21)32-20-5-4-19(27)24(28)25(20)29/h4-5,7-8,13-16,18H,6,9-12H2,1-3H3,(H,30,31,32)/t15-,16+,18+/m0/s1. The molecule has 0 amide bonds. The smallest absolute Gasteiger partial charge is 0.166 e. The van der Waals surface area contributed by atoms with Crippen molar-refractivity contribution >= 4 is 49.9 Å². The van der Waals surface area contributed by atoms with Crippen LogP contribution in [0, 0.1) is 29.5 Å². The summed E-state index contributed by atoms with van der Waals surface area (Å²) in [7, 11) is 1.61. The van der Waals surface area contributed by atoms with E-state index in [1.807, 2.05) is 12.1 Å². The summed E-state index contributed by atoms with van der Waals surface area (Å²) in [6, 6.07) is 6.98. The Hall–Kier alpha value is -2.16. The number of ether oxygens (including phenoxy) is 2. The lowest BCUT2D eigenvalue weighted by Crippen LogP contribution is -2.39. The Morgan fingerprint density at radius 3 is 2.83 bits per heavy atom. The van der Waals surface area contributed by atoms with Gasteiger partial charge in [0.2, 0.25) is 0 Å². The Bertz CT molecular complexity index is 1240. The van der Waals surface area contributed by atoms with Crippen LogP contribution in [0.5, 0.6) is 11.5 Å². The zero-order chi connectivity index (χ0) is 24.7. The number of benzene rings is 2. The van der Waals surface area contributed by atoms with E-state index < -0.39 is 5.82 Å². The number of anilines is 2. The largest absolute Gasteiger partial charge is 0.493 e. The third-order valence-corrected chi connectivity index (χ3v) is 8.32. The van der Waals surface area contributed by atoms with Crippen molar-refractivity contribution in [2.24, 2.45) is 23.7 Å². The average molecular weight is 564 g/mol. The zero-order valence-electron chi connectivity index (χ0n) is 20.0. The van der Waals surface area contributed by atoms with Gasteiger partial charge in [0.05, 0.1) is 29.9 Å². The third kappa shape index (κ3) is 4.93. The molecule has 1 aromatic heterocycles. The van der Waals surface area contributed by atoms with Crippen molar-refractivity contribution in [1.82, 2.24) is 14.9 Å². The summed E-state index contributed by atoms with van der Waals surface area (Å²) in [5.41, 5.74) is 0.900. The predicted molar refractivity (Wildman–Crippen MR) is 140 cm³/mol. The molecule has 3 atom stereocenters. The van der Waals surface area contributed by atoms with Crippen LogP contribution in [0.3, 0.4) is 0 Å². The van der Waals surface area contributed by atoms with Gasteiger partial charge < -0.3 is 19.7 Å². The van der Waals surface area contributed by atoms with Crippen LogP contribution in [-0.2, 0) is 0 Å². The van der Waals surface area contributed by atoms with Crippen molar-refractivity contribution in [1.29, 1.82) is 0 Å². The molecule has 2 aliphatic rings. The molecular formula is C26H29BrClFN4O2. The van der Waals surface area contributed by atoms with Gasteiger partial charge in [0.25, 0.3) is 0 Å². The lowest BCUT2D eigenvalue weighted by atomic mass is 9.67. The number of rotatable bonds is 8. The maximum Gasteiger partial charge on any atom is 0.166 e. The number of hydrogen-bond donors (Lipinski definition) is 1. The van der Waals surface area contributed by atoms with Crippen molar-refractivity contribution in [3.63, 3.8) is 0 Å². The summed E-state index contributed by atoms with van der Waals surface area (Å²) in [6.45, 7) is 8.78. The molecule has 1 aliphatic carbocycles. The summed E-state index contributed by atoms with van der Waals surface area (Å²) < 4.78 is 27.0. The summed E-state index contributed by atoms with van der Waals surface area (Å²) >= 11 is 9.28. The molecule has 1 N–H and O–H groups in total. The first-order valence-electron chi connectivity index (χ1n) is 11.9. The fourth-order valence-electron chi connectivity index (χ4n) is 5.38. The van der Waals surface area contributed by atoms with E-state index in [1.165, 1.54) is 32.4 Å². The summed E-state index contributed by atoms with van der Waals surface area (Å²) in [5.74, 6) is 3.91. The Morgan fingerprint density at radius 2 is 2.06 bits per heavy atom. The molecule has 186 valence electrons. The molecule has 1 aliphatic heterocycles. The van der Waals surface area contributed by atoms with Gasteiger partial charge in [0, 0.05) is 35.6 Å². The number of likely N-dealkylation sites (tertiary alicyclic amines) is 1. The van der Waals surface area contributed by atoms with Crippen LogP contribution in [0.2, 0.25) is 5.02 Å². The van der Waals surface area contributed by atoms with Crippen LogP contribution in [0.15, 0.2) is 35.1 Å². The zero-order valence-corrected chi connectivity index (χ0v) is 22.4. The molecule has 1 saturated carbocycles. The van der Waals surface area contributed by atoms with Gasteiger partial charge in [-0.05, 0) is 64.2 Å². The first-order valence-corrected chi connectivity index (χ1v) is 13.1. The van der Waals surface area contributed by atoms with Crippen LogP contribution in [0.1, 0.15) is 20.3 Å². The highest BCUT2D eigenvalue weighted by Gasteiger charge is 2.47. The van der Waals surface area contributed by atoms with Crippen LogP contribution in [-0.4, -0.2) is 48.2 Å². The van der Waals surface area contributed by atoms with Crippen LogP contribution in [0.4, 0.5) is 15.9 Å². The molecule has 9 heteroatoms. The normalized spacial score (nSPS) is 21.7. The molecule has 0 radical (unpaired) electrons. The van der Waals surface area contributed by atoms with Gasteiger partial charge in [-0.1, -0.05) is 25.4 Å². The summed E-state index contributed by atoms with van der Waals surface area (Å²) in [6.07, 6.45) is 2.66. The van der Waals surface area contributed by atoms with E-state index >= 15 is 0 Å². The van der Waals surface area contributed by atoms with Gasteiger partial charge >= 0.3 is 0 Å². The molecule has 3 aromatic rings. The van der Waals surface area contributed by atoms with Crippen molar-refractivity contribution in [3.8, 4) is 11.5 Å². The molecule has 35 heavy (non-hydrogen) atoms. The lowest BCUT2D eigenvalue weighted by Gasteiger charge is -2.39. The van der Waals surface area contributed by atoms with Gasteiger partial charge in [-0.3, -0.25) is 0 Å². The SMILES string of the molecule is COc1cc2c(Nc3ccc(Br)c(Cl)c3F)ncnc2cc1OC[C@H]1C[C@H]2CN(CC(C)C)C[C@@H]12. The van der Waals surface area contributed by atoms with Crippen LogP contribution >= 0.6 is 27.5 Å². The van der Waals surface area contributed by atoms with Crippen molar-refractivity contribution in [2.75, 3.05) is 38.7 Å². The Morgan fingerprint density at radius 1 is 1.23 bits per heavy atom. The van der Waals surface area contributed by atoms with E-state index in [9.17, 15) is 4.39 Å². The number of halogens is 3. The van der Waals surface area contributed by atoms with Crippen LogP contribution in [0.25, 0.3) is 10.9 Å². The predicted octanol–water partition coefficient (Wildman–Crippen LogP) is 6.54. The quantitative estimate of drug-likeness (QED) is 0.314. The van der Waals surface area contributed by atoms with E-state index in [1.54, 1.807) is 19.2 Å². The Kier molecular flexibility index (Phi) is 7.06. The number of fused-ring (bicyclic) bond motifs is 2. The van der Waals surface area contributed by atoms with Gasteiger partial charge in [0.1, 0.15) is 12.1 Å². The van der Waals surface area contributed by atoms with Crippen molar-refractivity contribution in [2.45, 2.75) is 20.3 Å². The maximum atomic E-state index is 14.6. The molecule has 0 bridgehead atoms. The van der Waals surface area contributed by atoms with Crippen molar-refractivity contribution < 1.29 is 13.9 Å². The number of nitrogens with one attached hydrogen (secondary N) is 1. The minimum absolute atomic E-state index is 0.00875. The number of aromatic nitrogens is 2. The highest BCUT2D eigenvalue weighted by molar-refractivity contribution is 9.10. The second-order valence-corrected chi connectivity index (χ2v) is 11.2. The minimum atomic E-state index is -0.558. The van der Waals surface area contributed by atoms with Gasteiger partial charge in [-0.2, -0.15) is 0 Å². The molecule has 2 heterocycles. The molecular weight excluding hydrogens is 535 g/mol. The van der Waals surface area contributed by atoms with Gasteiger partial charge in [0.15, 0.2) is 17.3 Å². The number of nitrogens with zero attached hydrogens (tertiary/aromatic N) is 3. The van der Waals surface area contributed by atoms with E-state index in [0.717, 1.165) is 5.92 Å². The maximum absolute atomic E-state index is 14.6. The fourth-order valence-corrected chi connectivity index (χ4v) is 5.85. The molecule has 5 rings (SSSR count). The van der Waals surface area contributed by atoms with E-state index in [-0.39, 0.29) is 10.7 Å². The summed E-state index contributed by atoms with van der Waals surface area (Å²) in [4.78, 5) is 11.3. The third-order valence-electron chi connectivity index (χ3n) is 7.06. The monoisotopic (exact) mass is 562 g/mol. The van der Waals surface area contributed by atoms with E-state index in [0.29, 0.717) is 57.1 Å². The van der Waals surface area contributed by atoms with E-state index in [4.69, 9.17) is 21.1 Å². The minimum Gasteiger partial charge on any atom is -0.493 e. The number of hydrogen-bond acceptors (Lipinski definition) is 6.